The monoisotopic (exact) mass is 261 g/mol. The molecule has 2 aromatic rings. The summed E-state index contributed by atoms with van der Waals surface area (Å²) in [6, 6.07) is 13.1. The van der Waals surface area contributed by atoms with Crippen LogP contribution in [0.2, 0.25) is 0 Å². The van der Waals surface area contributed by atoms with E-state index in [2.05, 4.69) is 5.32 Å². The highest BCUT2D eigenvalue weighted by Crippen LogP contribution is 2.20. The lowest BCUT2D eigenvalue weighted by atomic mass is 10.0. The van der Waals surface area contributed by atoms with E-state index < -0.39 is 0 Å². The van der Waals surface area contributed by atoms with E-state index in [1.807, 2.05) is 19.1 Å². The van der Waals surface area contributed by atoms with Crippen LogP contribution < -0.4 is 5.32 Å². The Morgan fingerprint density at radius 1 is 1.05 bits per heavy atom. The van der Waals surface area contributed by atoms with Gasteiger partial charge in [0, 0.05) is 18.2 Å². The lowest BCUT2D eigenvalue weighted by Crippen LogP contribution is -2.21. The van der Waals surface area contributed by atoms with Gasteiger partial charge in [0.2, 0.25) is 0 Å². The summed E-state index contributed by atoms with van der Waals surface area (Å²) in [5, 5.41) is 3.26. The Morgan fingerprint density at radius 3 is 2.53 bits per heavy atom. The first-order chi connectivity index (χ1) is 9.20. The van der Waals surface area contributed by atoms with Gasteiger partial charge >= 0.3 is 0 Å². The van der Waals surface area contributed by atoms with Crippen molar-refractivity contribution in [2.24, 2.45) is 0 Å². The first-order valence-corrected chi connectivity index (χ1v) is 6.43. The normalized spacial score (nSPS) is 12.4. The maximum absolute atomic E-state index is 13.7. The molecule has 1 N–H and O–H groups in total. The molecule has 0 fully saturated rings. The molecule has 1 unspecified atom stereocenters. The Morgan fingerprint density at radius 2 is 1.84 bits per heavy atom. The average molecular weight is 261 g/mol. The standard InChI is InChI=1S/C16H17F2N/c1-2-16(14-8-3-4-9-15(14)18)19-11-12-6-5-7-13(17)10-12/h3-10,16,19H,2,11H2,1H3. The second-order valence-corrected chi connectivity index (χ2v) is 4.49. The van der Waals surface area contributed by atoms with Crippen molar-refractivity contribution < 1.29 is 8.78 Å². The number of benzene rings is 2. The minimum absolute atomic E-state index is 0.0653. The fourth-order valence-electron chi connectivity index (χ4n) is 2.12. The maximum atomic E-state index is 13.7. The van der Waals surface area contributed by atoms with Crippen LogP contribution in [0.25, 0.3) is 0 Å². The maximum Gasteiger partial charge on any atom is 0.127 e. The van der Waals surface area contributed by atoms with E-state index in [4.69, 9.17) is 0 Å². The van der Waals surface area contributed by atoms with Crippen LogP contribution in [0, 0.1) is 11.6 Å². The van der Waals surface area contributed by atoms with Crippen LogP contribution in [0.3, 0.4) is 0 Å². The van der Waals surface area contributed by atoms with Gasteiger partial charge in [0.25, 0.3) is 0 Å². The minimum Gasteiger partial charge on any atom is -0.306 e. The third-order valence-electron chi connectivity index (χ3n) is 3.13. The van der Waals surface area contributed by atoms with Gasteiger partial charge in [-0.25, -0.2) is 8.78 Å². The van der Waals surface area contributed by atoms with E-state index in [1.165, 1.54) is 18.2 Å². The van der Waals surface area contributed by atoms with E-state index in [0.29, 0.717) is 12.1 Å². The zero-order chi connectivity index (χ0) is 13.7. The molecule has 0 aliphatic heterocycles. The van der Waals surface area contributed by atoms with Gasteiger partial charge in [-0.2, -0.15) is 0 Å². The molecule has 1 atom stereocenters. The molecule has 19 heavy (non-hydrogen) atoms. The first-order valence-electron chi connectivity index (χ1n) is 6.43. The summed E-state index contributed by atoms with van der Waals surface area (Å²) in [6.07, 6.45) is 0.774. The summed E-state index contributed by atoms with van der Waals surface area (Å²) >= 11 is 0. The molecule has 3 heteroatoms. The van der Waals surface area contributed by atoms with Crippen LogP contribution in [0.4, 0.5) is 8.78 Å². The van der Waals surface area contributed by atoms with Crippen LogP contribution >= 0.6 is 0 Å². The highest BCUT2D eigenvalue weighted by atomic mass is 19.1. The van der Waals surface area contributed by atoms with Crippen molar-refractivity contribution >= 4 is 0 Å². The predicted molar refractivity (Wildman–Crippen MR) is 72.7 cm³/mol. The van der Waals surface area contributed by atoms with Crippen molar-refractivity contribution in [3.8, 4) is 0 Å². The van der Waals surface area contributed by atoms with Gasteiger partial charge in [-0.15, -0.1) is 0 Å². The summed E-state index contributed by atoms with van der Waals surface area (Å²) < 4.78 is 26.8. The van der Waals surface area contributed by atoms with Gasteiger partial charge in [0.1, 0.15) is 11.6 Å². The Hall–Kier alpha value is -1.74. The van der Waals surface area contributed by atoms with Crippen molar-refractivity contribution in [3.63, 3.8) is 0 Å². The van der Waals surface area contributed by atoms with Gasteiger partial charge in [-0.05, 0) is 30.2 Å². The largest absolute Gasteiger partial charge is 0.306 e. The van der Waals surface area contributed by atoms with Gasteiger partial charge in [-0.3, -0.25) is 0 Å². The summed E-state index contributed by atoms with van der Waals surface area (Å²) in [7, 11) is 0. The van der Waals surface area contributed by atoms with Crippen LogP contribution in [-0.4, -0.2) is 0 Å². The van der Waals surface area contributed by atoms with Gasteiger partial charge < -0.3 is 5.32 Å². The van der Waals surface area contributed by atoms with E-state index >= 15 is 0 Å². The zero-order valence-electron chi connectivity index (χ0n) is 10.9. The minimum atomic E-state index is -0.252. The van der Waals surface area contributed by atoms with Gasteiger partial charge in [0.05, 0.1) is 0 Å². The molecule has 0 heterocycles. The molecule has 2 aromatic carbocycles. The molecule has 0 radical (unpaired) electrons. The average Bonchev–Trinajstić information content (AvgIpc) is 2.41. The Labute approximate surface area is 112 Å². The number of rotatable bonds is 5. The molecule has 0 aliphatic rings. The van der Waals surface area contributed by atoms with Crippen molar-refractivity contribution in [1.82, 2.24) is 5.32 Å². The molecular weight excluding hydrogens is 244 g/mol. The van der Waals surface area contributed by atoms with E-state index in [-0.39, 0.29) is 17.7 Å². The molecule has 2 rings (SSSR count). The van der Waals surface area contributed by atoms with Gasteiger partial charge in [-0.1, -0.05) is 37.3 Å². The predicted octanol–water partition coefficient (Wildman–Crippen LogP) is 4.21. The summed E-state index contributed by atoms with van der Waals surface area (Å²) in [4.78, 5) is 0. The van der Waals surface area contributed by atoms with Crippen molar-refractivity contribution in [3.05, 3.63) is 71.3 Å². The number of hydrogen-bond acceptors (Lipinski definition) is 1. The third-order valence-corrected chi connectivity index (χ3v) is 3.13. The molecule has 0 saturated carbocycles. The first kappa shape index (κ1) is 13.7. The van der Waals surface area contributed by atoms with Crippen molar-refractivity contribution in [1.29, 1.82) is 0 Å². The molecule has 1 nitrogen and oxygen atoms in total. The van der Waals surface area contributed by atoms with E-state index in [1.54, 1.807) is 18.2 Å². The number of hydrogen-bond donors (Lipinski definition) is 1. The number of halogens is 2. The SMILES string of the molecule is CCC(NCc1cccc(F)c1)c1ccccc1F. The molecular formula is C16H17F2N. The summed E-state index contributed by atoms with van der Waals surface area (Å²) in [5.74, 6) is -0.459. The Bertz CT molecular complexity index is 540. The molecule has 100 valence electrons. The van der Waals surface area contributed by atoms with Crippen molar-refractivity contribution in [2.75, 3.05) is 0 Å². The smallest absolute Gasteiger partial charge is 0.127 e. The highest BCUT2D eigenvalue weighted by Gasteiger charge is 2.12. The molecule has 0 aliphatic carbocycles. The lowest BCUT2D eigenvalue weighted by molar-refractivity contribution is 0.487. The van der Waals surface area contributed by atoms with E-state index in [0.717, 1.165) is 12.0 Å². The topological polar surface area (TPSA) is 12.0 Å². The Balaban J connectivity index is 2.06. The molecule has 0 aromatic heterocycles. The second kappa shape index (κ2) is 6.43. The molecule has 0 saturated heterocycles. The third kappa shape index (κ3) is 3.61. The molecule has 0 bridgehead atoms. The lowest BCUT2D eigenvalue weighted by Gasteiger charge is -2.18. The molecule has 0 spiro atoms. The zero-order valence-corrected chi connectivity index (χ0v) is 10.9. The molecule has 0 amide bonds. The van der Waals surface area contributed by atoms with E-state index in [9.17, 15) is 8.78 Å². The Kier molecular flexibility index (Phi) is 4.63. The van der Waals surface area contributed by atoms with Crippen molar-refractivity contribution in [2.45, 2.75) is 25.9 Å². The van der Waals surface area contributed by atoms with Crippen LogP contribution in [-0.2, 0) is 6.54 Å². The fraction of sp³-hybridized carbons (Fsp3) is 0.250. The number of nitrogens with one attached hydrogen (secondary N) is 1. The quantitative estimate of drug-likeness (QED) is 0.850. The van der Waals surface area contributed by atoms with Crippen LogP contribution in [0.1, 0.15) is 30.5 Å². The van der Waals surface area contributed by atoms with Crippen LogP contribution in [0.5, 0.6) is 0 Å². The summed E-state index contributed by atoms with van der Waals surface area (Å²) in [5.41, 5.74) is 1.51. The summed E-state index contributed by atoms with van der Waals surface area (Å²) in [6.45, 7) is 2.51. The second-order valence-electron chi connectivity index (χ2n) is 4.49. The van der Waals surface area contributed by atoms with Gasteiger partial charge in [0.15, 0.2) is 0 Å². The highest BCUT2D eigenvalue weighted by molar-refractivity contribution is 5.22. The van der Waals surface area contributed by atoms with Crippen LogP contribution in [0.15, 0.2) is 48.5 Å². The fourth-order valence-corrected chi connectivity index (χ4v) is 2.12.